The molecule has 0 saturated carbocycles. The first-order chi connectivity index (χ1) is 18.8. The van der Waals surface area contributed by atoms with E-state index in [1.165, 1.54) is 49.2 Å². The van der Waals surface area contributed by atoms with Gasteiger partial charge in [-0.05, 0) is 82.6 Å². The highest BCUT2D eigenvalue weighted by molar-refractivity contribution is 6.18. The minimum Gasteiger partial charge on any atom is -0.317 e. The van der Waals surface area contributed by atoms with Crippen molar-refractivity contribution in [2.24, 2.45) is 0 Å². The third-order valence-electron chi connectivity index (χ3n) is 7.64. The van der Waals surface area contributed by atoms with Crippen LogP contribution < -0.4 is 0 Å². The van der Waals surface area contributed by atoms with E-state index in [4.69, 9.17) is 0 Å². The molecule has 38 heavy (non-hydrogen) atoms. The van der Waals surface area contributed by atoms with Crippen LogP contribution in [0.1, 0.15) is 0 Å². The van der Waals surface area contributed by atoms with Gasteiger partial charge < -0.3 is 9.13 Å². The monoisotopic (exact) mass is 485 g/mol. The predicted molar refractivity (Wildman–Crippen MR) is 158 cm³/mol. The molecule has 8 rings (SSSR count). The second-order valence-electron chi connectivity index (χ2n) is 9.75. The summed E-state index contributed by atoms with van der Waals surface area (Å²) in [6.45, 7) is 0. The minimum absolute atomic E-state index is 1.12. The van der Waals surface area contributed by atoms with E-state index in [0.29, 0.717) is 0 Å². The second-order valence-corrected chi connectivity index (χ2v) is 9.75. The van der Waals surface area contributed by atoms with Crippen molar-refractivity contribution >= 4 is 43.5 Å². The number of benzene rings is 5. The van der Waals surface area contributed by atoms with Crippen molar-refractivity contribution in [3.8, 4) is 22.5 Å². The minimum atomic E-state index is 1.12. The van der Waals surface area contributed by atoms with Gasteiger partial charge in [0.25, 0.3) is 0 Å². The number of hydrogen-bond donors (Lipinski definition) is 0. The van der Waals surface area contributed by atoms with Crippen molar-refractivity contribution in [1.29, 1.82) is 0 Å². The van der Waals surface area contributed by atoms with Gasteiger partial charge in [-0.1, -0.05) is 60.7 Å². The Hall–Kier alpha value is -5.15. The number of aromatic nitrogens is 3. The van der Waals surface area contributed by atoms with Crippen molar-refractivity contribution in [1.82, 2.24) is 14.1 Å². The summed E-state index contributed by atoms with van der Waals surface area (Å²) in [5.74, 6) is 0. The van der Waals surface area contributed by atoms with Crippen LogP contribution in [0.15, 0.2) is 140 Å². The first-order valence-corrected chi connectivity index (χ1v) is 12.9. The Morgan fingerprint density at radius 1 is 0.474 bits per heavy atom. The molecule has 0 unspecified atom stereocenters. The molecular formula is C35H23N3. The maximum atomic E-state index is 4.28. The Morgan fingerprint density at radius 3 is 2.13 bits per heavy atom. The molecule has 0 radical (unpaired) electrons. The van der Waals surface area contributed by atoms with Crippen LogP contribution in [0.2, 0.25) is 0 Å². The van der Waals surface area contributed by atoms with Crippen LogP contribution in [-0.2, 0) is 0 Å². The topological polar surface area (TPSA) is 22.8 Å². The van der Waals surface area contributed by atoms with Gasteiger partial charge in [0.2, 0.25) is 0 Å². The normalized spacial score (nSPS) is 11.7. The maximum absolute atomic E-state index is 4.28. The molecule has 3 aromatic heterocycles. The molecule has 0 aliphatic rings. The summed E-state index contributed by atoms with van der Waals surface area (Å²) in [5, 5.41) is 6.32. The lowest BCUT2D eigenvalue weighted by molar-refractivity contribution is 1.13. The van der Waals surface area contributed by atoms with Gasteiger partial charge >= 0.3 is 0 Å². The number of hydrogen-bond acceptors (Lipinski definition) is 1. The van der Waals surface area contributed by atoms with E-state index < -0.39 is 0 Å². The quantitative estimate of drug-likeness (QED) is 0.245. The SMILES string of the molecule is c1ccc(-n2ccc3c4cc5c(cc4ccc32)c2ccccc2n5-c2ccc(-c3cccnc3)cc2)cc1. The Bertz CT molecular complexity index is 2100. The van der Waals surface area contributed by atoms with Gasteiger partial charge in [-0.3, -0.25) is 4.98 Å². The van der Waals surface area contributed by atoms with E-state index in [9.17, 15) is 0 Å². The van der Waals surface area contributed by atoms with Gasteiger partial charge in [-0.2, -0.15) is 0 Å². The lowest BCUT2D eigenvalue weighted by atomic mass is 10.0. The van der Waals surface area contributed by atoms with Crippen LogP contribution in [0, 0.1) is 0 Å². The van der Waals surface area contributed by atoms with Gasteiger partial charge in [0.1, 0.15) is 0 Å². The largest absolute Gasteiger partial charge is 0.317 e. The highest BCUT2D eigenvalue weighted by Crippen LogP contribution is 2.37. The summed E-state index contributed by atoms with van der Waals surface area (Å²) in [7, 11) is 0. The van der Waals surface area contributed by atoms with Crippen molar-refractivity contribution in [2.75, 3.05) is 0 Å². The number of rotatable bonds is 3. The van der Waals surface area contributed by atoms with Crippen LogP contribution in [0.3, 0.4) is 0 Å². The fourth-order valence-electron chi connectivity index (χ4n) is 5.84. The molecule has 3 nitrogen and oxygen atoms in total. The first-order valence-electron chi connectivity index (χ1n) is 12.9. The highest BCUT2D eigenvalue weighted by Gasteiger charge is 2.15. The molecule has 0 aliphatic heterocycles. The van der Waals surface area contributed by atoms with Crippen molar-refractivity contribution in [3.63, 3.8) is 0 Å². The lowest BCUT2D eigenvalue weighted by Crippen LogP contribution is -1.94. The van der Waals surface area contributed by atoms with Gasteiger partial charge in [0.05, 0.1) is 16.6 Å². The zero-order valence-corrected chi connectivity index (χ0v) is 20.6. The summed E-state index contributed by atoms with van der Waals surface area (Å²) in [4.78, 5) is 4.28. The summed E-state index contributed by atoms with van der Waals surface area (Å²) < 4.78 is 4.66. The van der Waals surface area contributed by atoms with Crippen molar-refractivity contribution < 1.29 is 0 Å². The lowest BCUT2D eigenvalue weighted by Gasteiger charge is -2.10. The second kappa shape index (κ2) is 8.19. The Labute approximate surface area is 219 Å². The first kappa shape index (κ1) is 21.0. The summed E-state index contributed by atoms with van der Waals surface area (Å²) >= 11 is 0. The third kappa shape index (κ3) is 3.12. The molecule has 178 valence electrons. The predicted octanol–water partition coefficient (Wildman–Crippen LogP) is 8.94. The van der Waals surface area contributed by atoms with E-state index in [1.807, 2.05) is 18.5 Å². The number of pyridine rings is 1. The average Bonchev–Trinajstić information content (AvgIpc) is 3.57. The van der Waals surface area contributed by atoms with E-state index in [0.717, 1.165) is 16.8 Å². The molecule has 3 heteroatoms. The van der Waals surface area contributed by atoms with Gasteiger partial charge in [0.15, 0.2) is 0 Å². The Kier molecular flexibility index (Phi) is 4.52. The molecule has 0 fully saturated rings. The average molecular weight is 486 g/mol. The summed E-state index contributed by atoms with van der Waals surface area (Å²) in [6, 6.07) is 43.6. The molecule has 0 N–H and O–H groups in total. The fourth-order valence-corrected chi connectivity index (χ4v) is 5.84. The standard InChI is InChI=1S/C35H23N3/c1-2-8-27(9-3-1)37-20-18-30-31-22-35-32(21-25(31)14-17-33(30)37)29-10-4-5-11-34(29)38(35)28-15-12-24(13-16-28)26-7-6-19-36-23-26/h1-23H. The van der Waals surface area contributed by atoms with E-state index in [-0.39, 0.29) is 0 Å². The summed E-state index contributed by atoms with van der Waals surface area (Å²) in [5.41, 5.74) is 8.25. The van der Waals surface area contributed by atoms with Crippen molar-refractivity contribution in [3.05, 3.63) is 140 Å². The number of fused-ring (bicyclic) bond motifs is 6. The summed E-state index contributed by atoms with van der Waals surface area (Å²) in [6.07, 6.45) is 5.90. The highest BCUT2D eigenvalue weighted by atomic mass is 15.0. The maximum Gasteiger partial charge on any atom is 0.0547 e. The molecule has 5 aromatic carbocycles. The Morgan fingerprint density at radius 2 is 1.29 bits per heavy atom. The van der Waals surface area contributed by atoms with Crippen LogP contribution in [-0.4, -0.2) is 14.1 Å². The van der Waals surface area contributed by atoms with Crippen molar-refractivity contribution in [2.45, 2.75) is 0 Å². The van der Waals surface area contributed by atoms with Crippen LogP contribution in [0.25, 0.3) is 66.0 Å². The molecule has 0 atom stereocenters. The molecular weight excluding hydrogens is 462 g/mol. The molecule has 0 saturated heterocycles. The molecule has 3 heterocycles. The molecule has 0 aliphatic carbocycles. The van der Waals surface area contributed by atoms with E-state index >= 15 is 0 Å². The van der Waals surface area contributed by atoms with Crippen LogP contribution in [0.5, 0.6) is 0 Å². The van der Waals surface area contributed by atoms with Crippen LogP contribution >= 0.6 is 0 Å². The van der Waals surface area contributed by atoms with Gasteiger partial charge in [-0.25, -0.2) is 0 Å². The molecule has 0 amide bonds. The van der Waals surface area contributed by atoms with Crippen LogP contribution in [0.4, 0.5) is 0 Å². The van der Waals surface area contributed by atoms with E-state index in [1.54, 1.807) is 0 Å². The zero-order chi connectivity index (χ0) is 25.1. The molecule has 0 spiro atoms. The number of para-hydroxylation sites is 2. The molecule has 8 aromatic rings. The fraction of sp³-hybridized carbons (Fsp3) is 0. The third-order valence-corrected chi connectivity index (χ3v) is 7.64. The zero-order valence-electron chi connectivity index (χ0n) is 20.6. The number of nitrogens with zero attached hydrogens (tertiary/aromatic N) is 3. The van der Waals surface area contributed by atoms with Gasteiger partial charge in [0, 0.05) is 46.1 Å². The molecule has 0 bridgehead atoms. The van der Waals surface area contributed by atoms with Gasteiger partial charge in [-0.15, -0.1) is 0 Å². The smallest absolute Gasteiger partial charge is 0.0547 e. The Balaban J connectivity index is 1.38. The van der Waals surface area contributed by atoms with E-state index in [2.05, 4.69) is 136 Å².